The number of hydrogen-bond donors (Lipinski definition) is 13. The molecule has 2 aliphatic rings. The van der Waals surface area contributed by atoms with Crippen molar-refractivity contribution in [3.05, 3.63) is 65.7 Å². The van der Waals surface area contributed by atoms with Crippen LogP contribution in [0.15, 0.2) is 54.6 Å². The number of rotatable bonds is 28. The van der Waals surface area contributed by atoms with Gasteiger partial charge in [-0.05, 0) is 61.8 Å². The van der Waals surface area contributed by atoms with Gasteiger partial charge in [-0.1, -0.05) is 48.9 Å². The van der Waals surface area contributed by atoms with Crippen LogP contribution in [0.1, 0.15) is 62.5 Å². The second kappa shape index (κ2) is 27.1. The average molecular weight is 941 g/mol. The Morgan fingerprint density at radius 1 is 0.712 bits per heavy atom. The number of nitrogens with one attached hydrogen (secondary N) is 9. The number of urea groups is 1. The summed E-state index contributed by atoms with van der Waals surface area (Å²) >= 11 is 1.83. The summed E-state index contributed by atoms with van der Waals surface area (Å²) < 4.78 is 0. The number of thioether (sulfide) groups is 1. The fourth-order valence-electron chi connectivity index (χ4n) is 7.39. The number of primary amides is 1. The quantitative estimate of drug-likeness (QED) is 0.0188. The van der Waals surface area contributed by atoms with Crippen LogP contribution in [0.25, 0.3) is 0 Å². The maximum absolute atomic E-state index is 13.6. The predicted octanol–water partition coefficient (Wildman–Crippen LogP) is -2.13. The van der Waals surface area contributed by atoms with Gasteiger partial charge in [0, 0.05) is 36.8 Å². The zero-order valence-electron chi connectivity index (χ0n) is 36.3. The number of phenolic OH excluding ortho intramolecular Hbond substituents is 1. The number of unbranched alkanes of at least 4 members (excludes halogenated alkanes) is 2. The van der Waals surface area contributed by atoms with Crippen LogP contribution < -0.4 is 53.7 Å². The maximum atomic E-state index is 13.6. The summed E-state index contributed by atoms with van der Waals surface area (Å²) in [5.74, 6) is -6.15. The van der Waals surface area contributed by atoms with E-state index in [1.165, 1.54) is 29.7 Å². The van der Waals surface area contributed by atoms with Crippen molar-refractivity contribution in [1.82, 2.24) is 48.0 Å². The molecule has 10 amide bonds. The van der Waals surface area contributed by atoms with Crippen LogP contribution in [0.3, 0.4) is 0 Å². The predicted molar refractivity (Wildman–Crippen MR) is 239 cm³/mol. The molecule has 0 aliphatic carbocycles. The summed E-state index contributed by atoms with van der Waals surface area (Å²) in [5.41, 5.74) is 8.16. The Labute approximate surface area is 385 Å². The van der Waals surface area contributed by atoms with Gasteiger partial charge in [0.2, 0.25) is 47.3 Å². The molecule has 2 fully saturated rings. The number of carbonyl (C=O) groups excluding carboxylic acids is 9. The molecule has 23 heteroatoms. The summed E-state index contributed by atoms with van der Waals surface area (Å²) in [4.78, 5) is 113. The van der Waals surface area contributed by atoms with Crippen molar-refractivity contribution >= 4 is 65.1 Å². The summed E-state index contributed by atoms with van der Waals surface area (Å²) in [5, 5.41) is 49.9. The lowest BCUT2D eigenvalue weighted by Gasteiger charge is -2.24. The highest BCUT2D eigenvalue weighted by atomic mass is 32.2. The number of benzene rings is 2. The van der Waals surface area contributed by atoms with Gasteiger partial charge in [-0.25, -0.2) is 10.3 Å². The van der Waals surface area contributed by atoms with Crippen molar-refractivity contribution in [3.8, 4) is 5.75 Å². The Balaban J connectivity index is 1.17. The van der Waals surface area contributed by atoms with E-state index in [-0.39, 0.29) is 49.0 Å². The Hall–Kier alpha value is -6.46. The van der Waals surface area contributed by atoms with Gasteiger partial charge in [0.1, 0.15) is 23.9 Å². The lowest BCUT2D eigenvalue weighted by Crippen LogP contribution is -2.57. The van der Waals surface area contributed by atoms with Crippen molar-refractivity contribution in [3.63, 3.8) is 0 Å². The molecule has 2 aliphatic heterocycles. The van der Waals surface area contributed by atoms with Gasteiger partial charge in [-0.15, -0.1) is 0 Å². The van der Waals surface area contributed by atoms with E-state index < -0.39 is 91.5 Å². The van der Waals surface area contributed by atoms with Crippen LogP contribution in [0.4, 0.5) is 4.79 Å². The van der Waals surface area contributed by atoms with Gasteiger partial charge in [0.15, 0.2) is 0 Å². The van der Waals surface area contributed by atoms with Crippen molar-refractivity contribution < 1.29 is 58.6 Å². The molecular formula is C43H60N10O12S. The standard InChI is InChI=1S/C43H60N10O12S/c44-39(60)29(10-6-7-17-45-34(56)12-5-4-11-33-38-32(24-66-33)51-43(64)52-38)48-37(59)22-46-36(58)21-47-41(62)31(23-54)50-42(63)30(19-26-13-15-28(55)16-14-26)49-40(61)27(20-35(57)53-65)18-25-8-2-1-3-9-25/h1-3,8-9,13-16,27,29-33,38,54-55,65H,4-7,10-12,17-24H2,(H2,44,60)(H,45,56)(H,46,58)(H,47,62)(H,48,59)(H,49,61)(H,50,63)(H,53,57)(H2,51,52,64)/t27?,29-,30-,31-,32-,33-,38-/m0/s1. The fourth-order valence-corrected chi connectivity index (χ4v) is 8.93. The van der Waals surface area contributed by atoms with E-state index in [9.17, 15) is 53.4 Å². The summed E-state index contributed by atoms with van der Waals surface area (Å²) in [6.07, 6.45) is 3.46. The van der Waals surface area contributed by atoms with E-state index in [1.807, 2.05) is 11.8 Å². The van der Waals surface area contributed by atoms with Crippen molar-refractivity contribution in [2.24, 2.45) is 11.7 Å². The molecule has 66 heavy (non-hydrogen) atoms. The number of hydroxylamine groups is 1. The van der Waals surface area contributed by atoms with E-state index in [2.05, 4.69) is 42.5 Å². The summed E-state index contributed by atoms with van der Waals surface area (Å²) in [7, 11) is 0. The highest BCUT2D eigenvalue weighted by Gasteiger charge is 2.42. The van der Waals surface area contributed by atoms with E-state index in [1.54, 1.807) is 30.3 Å². The van der Waals surface area contributed by atoms with Crippen molar-refractivity contribution in [2.45, 2.75) is 99.7 Å². The molecule has 0 radical (unpaired) electrons. The van der Waals surface area contributed by atoms with Gasteiger partial charge in [-0.2, -0.15) is 11.8 Å². The largest absolute Gasteiger partial charge is 0.508 e. The first-order chi connectivity index (χ1) is 31.6. The first-order valence-electron chi connectivity index (χ1n) is 21.7. The molecule has 0 spiro atoms. The molecular weight excluding hydrogens is 881 g/mol. The van der Waals surface area contributed by atoms with Gasteiger partial charge < -0.3 is 58.5 Å². The van der Waals surface area contributed by atoms with Crippen LogP contribution in [0, 0.1) is 5.92 Å². The highest BCUT2D eigenvalue weighted by molar-refractivity contribution is 8.00. The second-order valence-corrected chi connectivity index (χ2v) is 17.3. The molecule has 22 nitrogen and oxygen atoms in total. The van der Waals surface area contributed by atoms with E-state index in [0.717, 1.165) is 18.6 Å². The van der Waals surface area contributed by atoms with Gasteiger partial charge in [0.25, 0.3) is 0 Å². The zero-order chi connectivity index (χ0) is 48.0. The van der Waals surface area contributed by atoms with Crippen molar-refractivity contribution in [1.29, 1.82) is 0 Å². The van der Waals surface area contributed by atoms with Crippen LogP contribution in [0.5, 0.6) is 5.75 Å². The highest BCUT2D eigenvalue weighted by Crippen LogP contribution is 2.33. The molecule has 0 aromatic heterocycles. The number of phenols is 1. The molecule has 2 heterocycles. The first kappa shape index (κ1) is 52.2. The number of aromatic hydroxyl groups is 1. The number of aliphatic hydroxyl groups excluding tert-OH is 1. The van der Waals surface area contributed by atoms with Crippen LogP contribution in [-0.4, -0.2) is 136 Å². The second-order valence-electron chi connectivity index (χ2n) is 16.0. The summed E-state index contributed by atoms with van der Waals surface area (Å²) in [6, 6.07) is 10.6. The molecule has 14 N–H and O–H groups in total. The van der Waals surface area contributed by atoms with E-state index in [0.29, 0.717) is 48.6 Å². The lowest BCUT2D eigenvalue weighted by atomic mass is 9.94. The molecule has 0 saturated carbocycles. The monoisotopic (exact) mass is 940 g/mol. The molecule has 2 aromatic carbocycles. The SMILES string of the molecule is NC(=O)[C@H](CCCCNC(=O)CCCC[C@@H]1SC[C@@H]2NC(=O)N[C@@H]21)NC(=O)CNC(=O)CNC(=O)[C@H](CO)NC(=O)[C@H](Cc1ccc(O)cc1)NC(=O)C(CC(=O)NO)Cc1ccccc1. The maximum Gasteiger partial charge on any atom is 0.315 e. The number of amides is 10. The van der Waals surface area contributed by atoms with Crippen LogP contribution in [0.2, 0.25) is 0 Å². The Morgan fingerprint density at radius 3 is 2.11 bits per heavy atom. The number of aliphatic hydroxyl groups is 1. The number of nitrogens with two attached hydrogens (primary N) is 1. The number of carbonyl (C=O) groups is 9. The fraction of sp³-hybridized carbons (Fsp3) is 0.512. The topological polar surface area (TPSA) is 349 Å². The number of hydrogen-bond acceptors (Lipinski definition) is 13. The minimum Gasteiger partial charge on any atom is -0.508 e. The molecule has 2 aromatic rings. The molecule has 4 rings (SSSR count). The Kier molecular flexibility index (Phi) is 21.4. The lowest BCUT2D eigenvalue weighted by molar-refractivity contribution is -0.137. The van der Waals surface area contributed by atoms with E-state index >= 15 is 0 Å². The van der Waals surface area contributed by atoms with Gasteiger partial charge in [0.05, 0.1) is 37.7 Å². The zero-order valence-corrected chi connectivity index (χ0v) is 37.2. The normalized spacial score (nSPS) is 17.8. The number of fused-ring (bicyclic) bond motifs is 1. The van der Waals surface area contributed by atoms with Crippen LogP contribution >= 0.6 is 11.8 Å². The smallest absolute Gasteiger partial charge is 0.315 e. The van der Waals surface area contributed by atoms with E-state index in [4.69, 9.17) is 10.9 Å². The molecule has 360 valence electrons. The Bertz CT molecular complexity index is 2000. The van der Waals surface area contributed by atoms with Crippen LogP contribution in [-0.2, 0) is 51.2 Å². The molecule has 2 saturated heterocycles. The molecule has 0 bridgehead atoms. The van der Waals surface area contributed by atoms with Gasteiger partial charge in [-0.3, -0.25) is 43.6 Å². The van der Waals surface area contributed by atoms with Gasteiger partial charge >= 0.3 is 6.03 Å². The first-order valence-corrected chi connectivity index (χ1v) is 22.7. The third kappa shape index (κ3) is 17.8. The Morgan fingerprint density at radius 2 is 1.41 bits per heavy atom. The average Bonchev–Trinajstić information content (AvgIpc) is 3.86. The third-order valence-electron chi connectivity index (χ3n) is 10.9. The van der Waals surface area contributed by atoms with Crippen molar-refractivity contribution in [2.75, 3.05) is 32.0 Å². The minimum atomic E-state index is -1.60. The third-order valence-corrected chi connectivity index (χ3v) is 12.5. The minimum absolute atomic E-state index is 0.0550. The summed E-state index contributed by atoms with van der Waals surface area (Å²) in [6.45, 7) is -1.81. The molecule has 7 atom stereocenters. The molecule has 1 unspecified atom stereocenters.